The Morgan fingerprint density at radius 1 is 0.818 bits per heavy atom. The predicted molar refractivity (Wildman–Crippen MR) is 130 cm³/mol. The van der Waals surface area contributed by atoms with E-state index in [1.165, 1.54) is 5.56 Å². The Kier molecular flexibility index (Phi) is 6.32. The first-order valence-corrected chi connectivity index (χ1v) is 12.2. The van der Waals surface area contributed by atoms with E-state index < -0.39 is 0 Å². The molecule has 2 saturated heterocycles. The molecule has 1 spiro atoms. The summed E-state index contributed by atoms with van der Waals surface area (Å²) in [5.74, 6) is 0.583. The van der Waals surface area contributed by atoms with Crippen molar-refractivity contribution in [3.8, 4) is 0 Å². The van der Waals surface area contributed by atoms with E-state index in [4.69, 9.17) is 0 Å². The van der Waals surface area contributed by atoms with Crippen molar-refractivity contribution in [2.24, 2.45) is 11.3 Å². The zero-order valence-corrected chi connectivity index (χ0v) is 19.2. The van der Waals surface area contributed by atoms with Crippen LogP contribution < -0.4 is 0 Å². The zero-order chi connectivity index (χ0) is 22.7. The topological polar surface area (TPSA) is 43.9 Å². The minimum Gasteiger partial charge on any atom is -0.340 e. The van der Waals surface area contributed by atoms with Crippen molar-refractivity contribution in [2.45, 2.75) is 25.8 Å². The number of piperidine rings is 1. The van der Waals surface area contributed by atoms with Crippen molar-refractivity contribution in [2.75, 3.05) is 39.3 Å². The number of carbonyl (C=O) groups is 2. The van der Waals surface area contributed by atoms with Gasteiger partial charge in [0.2, 0.25) is 11.8 Å². The molecule has 172 valence electrons. The van der Waals surface area contributed by atoms with Gasteiger partial charge in [0.15, 0.2) is 0 Å². The lowest BCUT2D eigenvalue weighted by molar-refractivity contribution is -0.135. The first-order valence-electron chi connectivity index (χ1n) is 12.2. The number of benzene rings is 2. The van der Waals surface area contributed by atoms with Crippen LogP contribution in [0.3, 0.4) is 0 Å². The Morgan fingerprint density at radius 3 is 2.12 bits per heavy atom. The molecule has 1 unspecified atom stereocenters. The molecule has 2 aromatic rings. The molecule has 33 heavy (non-hydrogen) atoms. The van der Waals surface area contributed by atoms with Gasteiger partial charge < -0.3 is 9.80 Å². The van der Waals surface area contributed by atoms with Gasteiger partial charge in [0.1, 0.15) is 0 Å². The second kappa shape index (κ2) is 9.52. The van der Waals surface area contributed by atoms with Gasteiger partial charge in [-0.2, -0.15) is 0 Å². The standard InChI is InChI=1S/C28H33N3O2/c32-26(12-11-23-7-3-1-4-8-23)30-15-13-28(14-16-30)21-25(28)27(33)31-19-17-29(18-20-31)22-24-9-5-2-6-10-24/h1-12,25H,13-22H2. The van der Waals surface area contributed by atoms with Gasteiger partial charge in [0, 0.05) is 57.8 Å². The lowest BCUT2D eigenvalue weighted by atomic mass is 9.90. The summed E-state index contributed by atoms with van der Waals surface area (Å²) in [5, 5.41) is 0. The third kappa shape index (κ3) is 5.03. The van der Waals surface area contributed by atoms with E-state index in [2.05, 4.69) is 34.1 Å². The van der Waals surface area contributed by atoms with Gasteiger partial charge in [-0.15, -0.1) is 0 Å². The third-order valence-electron chi connectivity index (χ3n) is 7.71. The fraction of sp³-hybridized carbons (Fsp3) is 0.429. The van der Waals surface area contributed by atoms with E-state index in [0.29, 0.717) is 5.91 Å². The van der Waals surface area contributed by atoms with E-state index in [1.807, 2.05) is 47.4 Å². The summed E-state index contributed by atoms with van der Waals surface area (Å²) in [6.07, 6.45) is 6.45. The molecule has 2 aromatic carbocycles. The molecule has 5 heteroatoms. The lowest BCUT2D eigenvalue weighted by Gasteiger charge is -2.36. The van der Waals surface area contributed by atoms with Gasteiger partial charge in [-0.05, 0) is 41.9 Å². The number of likely N-dealkylation sites (tertiary alicyclic amines) is 1. The highest BCUT2D eigenvalue weighted by atomic mass is 16.2. The lowest BCUT2D eigenvalue weighted by Crippen LogP contribution is -2.49. The average molecular weight is 444 g/mol. The highest BCUT2D eigenvalue weighted by Crippen LogP contribution is 2.60. The van der Waals surface area contributed by atoms with Crippen molar-refractivity contribution < 1.29 is 9.59 Å². The minimum absolute atomic E-state index is 0.0757. The first-order chi connectivity index (χ1) is 16.1. The van der Waals surface area contributed by atoms with Crippen LogP contribution in [0.4, 0.5) is 0 Å². The Morgan fingerprint density at radius 2 is 1.45 bits per heavy atom. The molecular formula is C28H33N3O2. The molecule has 0 radical (unpaired) electrons. The molecular weight excluding hydrogens is 410 g/mol. The van der Waals surface area contributed by atoms with Crippen LogP contribution in [0.1, 0.15) is 30.4 Å². The Bertz CT molecular complexity index is 988. The van der Waals surface area contributed by atoms with Gasteiger partial charge >= 0.3 is 0 Å². The molecule has 0 bridgehead atoms. The number of rotatable bonds is 5. The minimum atomic E-state index is 0.0757. The second-order valence-electron chi connectivity index (χ2n) is 9.78. The fourth-order valence-corrected chi connectivity index (χ4v) is 5.45. The maximum absolute atomic E-state index is 13.2. The highest BCUT2D eigenvalue weighted by molar-refractivity contribution is 5.92. The van der Waals surface area contributed by atoms with Crippen LogP contribution in [0, 0.1) is 11.3 Å². The molecule has 2 aliphatic heterocycles. The summed E-state index contributed by atoms with van der Waals surface area (Å²) in [6.45, 7) is 6.01. The van der Waals surface area contributed by atoms with E-state index in [9.17, 15) is 9.59 Å². The smallest absolute Gasteiger partial charge is 0.246 e. The predicted octanol–water partition coefficient (Wildman–Crippen LogP) is 3.67. The van der Waals surface area contributed by atoms with Crippen molar-refractivity contribution in [1.82, 2.24) is 14.7 Å². The summed E-state index contributed by atoms with van der Waals surface area (Å²) in [7, 11) is 0. The summed E-state index contributed by atoms with van der Waals surface area (Å²) in [5.41, 5.74) is 2.51. The molecule has 5 rings (SSSR count). The molecule has 1 atom stereocenters. The number of hydrogen-bond donors (Lipinski definition) is 0. The molecule has 2 amide bonds. The summed E-state index contributed by atoms with van der Waals surface area (Å²) in [4.78, 5) is 32.2. The van der Waals surface area contributed by atoms with Gasteiger partial charge in [-0.1, -0.05) is 60.7 Å². The summed E-state index contributed by atoms with van der Waals surface area (Å²) >= 11 is 0. The molecule has 1 aliphatic carbocycles. The van der Waals surface area contributed by atoms with Crippen LogP contribution in [0.15, 0.2) is 66.7 Å². The van der Waals surface area contributed by atoms with Crippen LogP contribution in [0.25, 0.3) is 6.08 Å². The molecule has 3 fully saturated rings. The zero-order valence-electron chi connectivity index (χ0n) is 19.2. The quantitative estimate of drug-likeness (QED) is 0.663. The number of carbonyl (C=O) groups excluding carboxylic acids is 2. The molecule has 1 saturated carbocycles. The van der Waals surface area contributed by atoms with Gasteiger partial charge in [0.05, 0.1) is 0 Å². The molecule has 3 aliphatic rings. The number of hydrogen-bond acceptors (Lipinski definition) is 3. The SMILES string of the molecule is O=C(C=Cc1ccccc1)N1CCC2(CC1)CC2C(=O)N1CCN(Cc2ccccc2)CC1. The monoisotopic (exact) mass is 443 g/mol. The van der Waals surface area contributed by atoms with Crippen LogP contribution in [-0.2, 0) is 16.1 Å². The van der Waals surface area contributed by atoms with E-state index >= 15 is 0 Å². The van der Waals surface area contributed by atoms with E-state index in [-0.39, 0.29) is 17.2 Å². The van der Waals surface area contributed by atoms with Crippen LogP contribution in [0.5, 0.6) is 0 Å². The van der Waals surface area contributed by atoms with Crippen molar-refractivity contribution in [3.05, 3.63) is 77.9 Å². The number of nitrogens with zero attached hydrogens (tertiary/aromatic N) is 3. The average Bonchev–Trinajstić information content (AvgIpc) is 3.57. The van der Waals surface area contributed by atoms with Crippen molar-refractivity contribution in [1.29, 1.82) is 0 Å². The van der Waals surface area contributed by atoms with E-state index in [1.54, 1.807) is 6.08 Å². The van der Waals surface area contributed by atoms with Gasteiger partial charge in [-0.3, -0.25) is 14.5 Å². The molecule has 0 N–H and O–H groups in total. The number of amides is 2. The maximum atomic E-state index is 13.2. The van der Waals surface area contributed by atoms with E-state index in [0.717, 1.165) is 70.6 Å². The van der Waals surface area contributed by atoms with Crippen LogP contribution in [-0.4, -0.2) is 65.8 Å². The largest absolute Gasteiger partial charge is 0.340 e. The Labute approximate surface area is 196 Å². The van der Waals surface area contributed by atoms with Crippen LogP contribution >= 0.6 is 0 Å². The fourth-order valence-electron chi connectivity index (χ4n) is 5.45. The Balaban J connectivity index is 1.07. The highest BCUT2D eigenvalue weighted by Gasteiger charge is 2.59. The summed E-state index contributed by atoms with van der Waals surface area (Å²) < 4.78 is 0. The molecule has 2 heterocycles. The van der Waals surface area contributed by atoms with Gasteiger partial charge in [0.25, 0.3) is 0 Å². The van der Waals surface area contributed by atoms with Crippen LogP contribution in [0.2, 0.25) is 0 Å². The second-order valence-corrected chi connectivity index (χ2v) is 9.78. The van der Waals surface area contributed by atoms with Gasteiger partial charge in [-0.25, -0.2) is 0 Å². The maximum Gasteiger partial charge on any atom is 0.246 e. The first kappa shape index (κ1) is 21.9. The normalized spacial score (nSPS) is 22.6. The molecule has 0 aromatic heterocycles. The number of piperazine rings is 1. The van der Waals surface area contributed by atoms with Crippen molar-refractivity contribution in [3.63, 3.8) is 0 Å². The Hall–Kier alpha value is -2.92. The summed E-state index contributed by atoms with van der Waals surface area (Å²) in [6, 6.07) is 20.5. The third-order valence-corrected chi connectivity index (χ3v) is 7.71. The molecule has 5 nitrogen and oxygen atoms in total. The van der Waals surface area contributed by atoms with Crippen molar-refractivity contribution >= 4 is 17.9 Å².